The van der Waals surface area contributed by atoms with E-state index in [0.717, 1.165) is 25.7 Å². The molecule has 0 aliphatic heterocycles. The van der Waals surface area contributed by atoms with E-state index in [1.54, 1.807) is 6.92 Å². The molecule has 1 aromatic rings. The van der Waals surface area contributed by atoms with Crippen LogP contribution in [0.15, 0.2) is 6.07 Å². The van der Waals surface area contributed by atoms with Crippen molar-refractivity contribution < 1.29 is 14.3 Å². The summed E-state index contributed by atoms with van der Waals surface area (Å²) in [5.74, 6) is -0.555. The second kappa shape index (κ2) is 6.82. The van der Waals surface area contributed by atoms with Crippen LogP contribution in [0.25, 0.3) is 0 Å². The van der Waals surface area contributed by atoms with E-state index in [9.17, 15) is 9.59 Å². The number of nitrogens with one attached hydrogen (secondary N) is 1. The van der Waals surface area contributed by atoms with Crippen molar-refractivity contribution in [1.82, 2.24) is 5.32 Å². The number of hydrogen-bond acceptors (Lipinski definition) is 4. The van der Waals surface area contributed by atoms with Crippen molar-refractivity contribution in [1.29, 1.82) is 0 Å². The van der Waals surface area contributed by atoms with Gasteiger partial charge in [-0.2, -0.15) is 0 Å². The molecule has 0 spiro atoms. The molecule has 1 atom stereocenters. The Morgan fingerprint density at radius 1 is 1.23 bits per heavy atom. The Morgan fingerprint density at radius 2 is 1.95 bits per heavy atom. The summed E-state index contributed by atoms with van der Waals surface area (Å²) in [6.07, 6.45) is 8.39. The van der Waals surface area contributed by atoms with E-state index in [0.29, 0.717) is 4.88 Å². The van der Waals surface area contributed by atoms with E-state index in [2.05, 4.69) is 5.32 Å². The SMILES string of the molecule is C[C@@H](OC(=O)c1cc2c(s1)CCCCCC2)C(=O)NC1CC1. The van der Waals surface area contributed by atoms with E-state index in [1.807, 2.05) is 6.07 Å². The summed E-state index contributed by atoms with van der Waals surface area (Å²) in [5.41, 5.74) is 1.30. The molecule has 2 aliphatic rings. The number of ether oxygens (including phenoxy) is 1. The van der Waals surface area contributed by atoms with Crippen LogP contribution in [0.1, 0.15) is 65.6 Å². The van der Waals surface area contributed by atoms with Crippen molar-refractivity contribution in [2.24, 2.45) is 0 Å². The molecule has 1 saturated carbocycles. The molecule has 1 amide bonds. The molecule has 4 nitrogen and oxygen atoms in total. The number of hydrogen-bond donors (Lipinski definition) is 1. The number of fused-ring (bicyclic) bond motifs is 1. The van der Waals surface area contributed by atoms with E-state index in [-0.39, 0.29) is 17.9 Å². The maximum atomic E-state index is 12.3. The molecule has 0 radical (unpaired) electrons. The third-order valence-electron chi connectivity index (χ3n) is 4.27. The van der Waals surface area contributed by atoms with Crippen LogP contribution in [-0.2, 0) is 22.4 Å². The first-order valence-electron chi connectivity index (χ1n) is 8.26. The van der Waals surface area contributed by atoms with E-state index >= 15 is 0 Å². The maximum Gasteiger partial charge on any atom is 0.349 e. The fourth-order valence-electron chi connectivity index (χ4n) is 2.76. The maximum absolute atomic E-state index is 12.3. The van der Waals surface area contributed by atoms with Crippen molar-refractivity contribution in [3.8, 4) is 0 Å². The van der Waals surface area contributed by atoms with Gasteiger partial charge in [-0.15, -0.1) is 11.3 Å². The van der Waals surface area contributed by atoms with Gasteiger partial charge < -0.3 is 10.1 Å². The van der Waals surface area contributed by atoms with Crippen molar-refractivity contribution in [3.63, 3.8) is 0 Å². The van der Waals surface area contributed by atoms with Gasteiger partial charge in [0.25, 0.3) is 5.91 Å². The van der Waals surface area contributed by atoms with Gasteiger partial charge in [-0.3, -0.25) is 4.79 Å². The minimum absolute atomic E-state index is 0.189. The van der Waals surface area contributed by atoms with Gasteiger partial charge in [0.05, 0.1) is 0 Å². The fraction of sp³-hybridized carbons (Fsp3) is 0.647. The Bertz CT molecular complexity index is 537. The Hall–Kier alpha value is -1.36. The zero-order chi connectivity index (χ0) is 15.5. The van der Waals surface area contributed by atoms with Gasteiger partial charge in [-0.05, 0) is 57.1 Å². The second-order valence-corrected chi connectivity index (χ2v) is 7.44. The predicted molar refractivity (Wildman–Crippen MR) is 86.2 cm³/mol. The van der Waals surface area contributed by atoms with Crippen LogP contribution in [-0.4, -0.2) is 24.0 Å². The summed E-state index contributed by atoms with van der Waals surface area (Å²) in [6, 6.07) is 2.26. The van der Waals surface area contributed by atoms with Crippen molar-refractivity contribution in [3.05, 3.63) is 21.4 Å². The summed E-state index contributed by atoms with van der Waals surface area (Å²) in [5, 5.41) is 2.86. The highest BCUT2D eigenvalue weighted by Crippen LogP contribution is 2.29. The first-order chi connectivity index (χ1) is 10.6. The number of thiophene rings is 1. The number of carbonyl (C=O) groups excluding carboxylic acids is 2. The quantitative estimate of drug-likeness (QED) is 0.866. The molecule has 3 rings (SSSR count). The lowest BCUT2D eigenvalue weighted by Crippen LogP contribution is -2.36. The van der Waals surface area contributed by atoms with Crippen LogP contribution in [0.4, 0.5) is 0 Å². The molecule has 1 fully saturated rings. The summed E-state index contributed by atoms with van der Waals surface area (Å²) >= 11 is 1.54. The van der Waals surface area contributed by atoms with Crippen LogP contribution >= 0.6 is 11.3 Å². The number of aryl methyl sites for hydroxylation is 2. The van der Waals surface area contributed by atoms with Gasteiger partial charge >= 0.3 is 5.97 Å². The van der Waals surface area contributed by atoms with Gasteiger partial charge in [0.15, 0.2) is 6.10 Å². The monoisotopic (exact) mass is 321 g/mol. The van der Waals surface area contributed by atoms with Gasteiger partial charge in [0.2, 0.25) is 0 Å². The Kier molecular flexibility index (Phi) is 4.81. The molecule has 1 N–H and O–H groups in total. The normalized spacial score (nSPS) is 19.5. The molecule has 2 aliphatic carbocycles. The lowest BCUT2D eigenvalue weighted by Gasteiger charge is -2.12. The van der Waals surface area contributed by atoms with Crippen LogP contribution in [0.3, 0.4) is 0 Å². The first kappa shape index (κ1) is 15.5. The van der Waals surface area contributed by atoms with Crippen LogP contribution in [0.2, 0.25) is 0 Å². The molecule has 1 heterocycles. The third kappa shape index (κ3) is 3.88. The van der Waals surface area contributed by atoms with E-state index in [4.69, 9.17) is 4.74 Å². The van der Waals surface area contributed by atoms with Gasteiger partial charge in [-0.25, -0.2) is 4.79 Å². The van der Waals surface area contributed by atoms with Gasteiger partial charge in [0, 0.05) is 10.9 Å². The average molecular weight is 321 g/mol. The van der Waals surface area contributed by atoms with Gasteiger partial charge in [-0.1, -0.05) is 12.8 Å². The van der Waals surface area contributed by atoms with E-state index < -0.39 is 6.10 Å². The Labute approximate surface area is 135 Å². The van der Waals surface area contributed by atoms with Crippen LogP contribution < -0.4 is 5.32 Å². The molecular weight excluding hydrogens is 298 g/mol. The molecule has 0 bridgehead atoms. The van der Waals surface area contributed by atoms with Crippen LogP contribution in [0, 0.1) is 0 Å². The number of esters is 1. The average Bonchev–Trinajstić information content (AvgIpc) is 3.19. The lowest BCUT2D eigenvalue weighted by atomic mass is 10.00. The van der Waals surface area contributed by atoms with Gasteiger partial charge in [0.1, 0.15) is 4.88 Å². The van der Waals surface area contributed by atoms with Crippen molar-refractivity contribution in [2.75, 3.05) is 0 Å². The molecule has 1 aromatic heterocycles. The molecule has 22 heavy (non-hydrogen) atoms. The lowest BCUT2D eigenvalue weighted by molar-refractivity contribution is -0.129. The molecule has 0 unspecified atom stereocenters. The third-order valence-corrected chi connectivity index (χ3v) is 5.49. The molecular formula is C17H23NO3S. The number of rotatable bonds is 4. The Balaban J connectivity index is 1.61. The van der Waals surface area contributed by atoms with Crippen molar-refractivity contribution in [2.45, 2.75) is 70.4 Å². The minimum atomic E-state index is -0.724. The second-order valence-electron chi connectivity index (χ2n) is 6.30. The number of amides is 1. The highest BCUT2D eigenvalue weighted by atomic mass is 32.1. The fourth-order valence-corrected chi connectivity index (χ4v) is 3.90. The van der Waals surface area contributed by atoms with E-state index in [1.165, 1.54) is 47.5 Å². The molecule has 5 heteroatoms. The Morgan fingerprint density at radius 3 is 2.68 bits per heavy atom. The zero-order valence-electron chi connectivity index (χ0n) is 13.0. The first-order valence-corrected chi connectivity index (χ1v) is 9.08. The highest BCUT2D eigenvalue weighted by molar-refractivity contribution is 7.14. The van der Waals surface area contributed by atoms with Crippen molar-refractivity contribution >= 4 is 23.2 Å². The van der Waals surface area contributed by atoms with Crippen LogP contribution in [0.5, 0.6) is 0 Å². The largest absolute Gasteiger partial charge is 0.448 e. The molecule has 0 aromatic carbocycles. The highest BCUT2D eigenvalue weighted by Gasteiger charge is 2.28. The standard InChI is InChI=1S/C17H23NO3S/c1-11(16(19)18-13-8-9-13)21-17(20)15-10-12-6-4-2-3-5-7-14(12)22-15/h10-11,13H,2-9H2,1H3,(H,18,19)/t11-/m1/s1. The zero-order valence-corrected chi connectivity index (χ0v) is 13.8. The summed E-state index contributed by atoms with van der Waals surface area (Å²) < 4.78 is 5.33. The molecule has 120 valence electrons. The topological polar surface area (TPSA) is 55.4 Å². The molecule has 0 saturated heterocycles. The minimum Gasteiger partial charge on any atom is -0.448 e. The summed E-state index contributed by atoms with van der Waals surface area (Å²) in [7, 11) is 0. The predicted octanol–water partition coefficient (Wildman–Crippen LogP) is 3.23. The summed E-state index contributed by atoms with van der Waals surface area (Å²) in [6.45, 7) is 1.64. The number of carbonyl (C=O) groups is 2. The summed E-state index contributed by atoms with van der Waals surface area (Å²) in [4.78, 5) is 26.1. The smallest absolute Gasteiger partial charge is 0.349 e.